The molecule has 0 aliphatic heterocycles. The number of amides is 1. The van der Waals surface area contributed by atoms with Crippen LogP contribution in [0.3, 0.4) is 0 Å². The van der Waals surface area contributed by atoms with E-state index in [4.69, 9.17) is 27.4 Å². The lowest BCUT2D eigenvalue weighted by molar-refractivity contribution is 0.152. The van der Waals surface area contributed by atoms with E-state index in [1.165, 1.54) is 0 Å². The maximum absolute atomic E-state index is 10.6. The number of nitrogens with zero attached hydrogens (tertiary/aromatic N) is 1. The SMILES string of the molecule is CC(C)Oc1cccc2c1[nH]c(=S)n2CCOC(N)=O. The summed E-state index contributed by atoms with van der Waals surface area (Å²) in [5.41, 5.74) is 6.68. The summed E-state index contributed by atoms with van der Waals surface area (Å²) in [6, 6.07) is 5.71. The first kappa shape index (κ1) is 14.4. The fraction of sp³-hybridized carbons (Fsp3) is 0.385. The van der Waals surface area contributed by atoms with Gasteiger partial charge in [-0.3, -0.25) is 0 Å². The molecule has 0 aliphatic rings. The van der Waals surface area contributed by atoms with E-state index in [0.29, 0.717) is 11.3 Å². The van der Waals surface area contributed by atoms with Crippen LogP contribution in [0, 0.1) is 4.77 Å². The van der Waals surface area contributed by atoms with Gasteiger partial charge >= 0.3 is 6.09 Å². The largest absolute Gasteiger partial charge is 0.489 e. The highest BCUT2D eigenvalue weighted by Crippen LogP contribution is 2.25. The fourth-order valence-electron chi connectivity index (χ4n) is 1.97. The van der Waals surface area contributed by atoms with Crippen molar-refractivity contribution in [1.82, 2.24) is 9.55 Å². The Bertz CT molecular complexity index is 675. The van der Waals surface area contributed by atoms with Gasteiger partial charge in [0.05, 0.1) is 18.2 Å². The number of primary amides is 1. The second kappa shape index (κ2) is 5.96. The maximum atomic E-state index is 10.6. The van der Waals surface area contributed by atoms with Crippen molar-refractivity contribution in [2.24, 2.45) is 5.73 Å². The fourth-order valence-corrected chi connectivity index (χ4v) is 2.26. The quantitative estimate of drug-likeness (QED) is 0.831. The molecular formula is C13H17N3O3S. The van der Waals surface area contributed by atoms with Crippen LogP contribution in [0.15, 0.2) is 18.2 Å². The molecule has 6 nitrogen and oxygen atoms in total. The molecule has 2 aromatic rings. The Morgan fingerprint density at radius 3 is 2.90 bits per heavy atom. The summed E-state index contributed by atoms with van der Waals surface area (Å²) in [5, 5.41) is 0. The van der Waals surface area contributed by atoms with Crippen LogP contribution in [0.5, 0.6) is 5.75 Å². The molecule has 0 unspecified atom stereocenters. The number of hydrogen-bond acceptors (Lipinski definition) is 4. The molecule has 20 heavy (non-hydrogen) atoms. The number of rotatable bonds is 5. The van der Waals surface area contributed by atoms with Gasteiger partial charge in [-0.1, -0.05) is 6.07 Å². The van der Waals surface area contributed by atoms with Crippen LogP contribution in [0.2, 0.25) is 0 Å². The van der Waals surface area contributed by atoms with Gasteiger partial charge in [0.25, 0.3) is 0 Å². The lowest BCUT2D eigenvalue weighted by Crippen LogP contribution is -2.16. The number of nitrogens with two attached hydrogens (primary N) is 1. The van der Waals surface area contributed by atoms with E-state index in [1.807, 2.05) is 36.6 Å². The van der Waals surface area contributed by atoms with Crippen molar-refractivity contribution < 1.29 is 14.3 Å². The van der Waals surface area contributed by atoms with Crippen LogP contribution < -0.4 is 10.5 Å². The van der Waals surface area contributed by atoms with Crippen LogP contribution in [-0.4, -0.2) is 28.4 Å². The summed E-state index contributed by atoms with van der Waals surface area (Å²) in [7, 11) is 0. The smallest absolute Gasteiger partial charge is 0.404 e. The molecule has 3 N–H and O–H groups in total. The summed E-state index contributed by atoms with van der Waals surface area (Å²) in [5.74, 6) is 0.748. The molecule has 0 aliphatic carbocycles. The molecule has 0 fully saturated rings. The molecular weight excluding hydrogens is 278 g/mol. The first-order chi connectivity index (χ1) is 9.49. The minimum atomic E-state index is -0.791. The van der Waals surface area contributed by atoms with Crippen molar-refractivity contribution in [2.45, 2.75) is 26.5 Å². The highest BCUT2D eigenvalue weighted by molar-refractivity contribution is 7.71. The summed E-state index contributed by atoms with van der Waals surface area (Å²) in [6.07, 6.45) is -0.718. The predicted molar refractivity (Wildman–Crippen MR) is 78.4 cm³/mol. The normalized spacial score (nSPS) is 10.9. The molecule has 1 aromatic carbocycles. The first-order valence-electron chi connectivity index (χ1n) is 6.29. The third kappa shape index (κ3) is 3.11. The molecule has 0 bridgehead atoms. The first-order valence-corrected chi connectivity index (χ1v) is 6.70. The summed E-state index contributed by atoms with van der Waals surface area (Å²) >= 11 is 5.29. The number of carbonyl (C=O) groups excluding carboxylic acids is 1. The van der Waals surface area contributed by atoms with E-state index >= 15 is 0 Å². The molecule has 0 saturated carbocycles. The Hall–Kier alpha value is -2.02. The van der Waals surface area contributed by atoms with Crippen LogP contribution in [0.4, 0.5) is 4.79 Å². The van der Waals surface area contributed by atoms with Crippen molar-refractivity contribution in [3.8, 4) is 5.75 Å². The average Bonchev–Trinajstić information content (AvgIpc) is 2.66. The second-order valence-corrected chi connectivity index (χ2v) is 4.95. The number of nitrogens with one attached hydrogen (secondary N) is 1. The van der Waals surface area contributed by atoms with Gasteiger partial charge in [-0.05, 0) is 38.2 Å². The van der Waals surface area contributed by atoms with E-state index in [0.717, 1.165) is 16.8 Å². The van der Waals surface area contributed by atoms with Gasteiger partial charge in [0.1, 0.15) is 17.9 Å². The number of carbonyl (C=O) groups is 1. The number of aromatic nitrogens is 2. The second-order valence-electron chi connectivity index (χ2n) is 4.57. The number of ether oxygens (including phenoxy) is 2. The monoisotopic (exact) mass is 295 g/mol. The topological polar surface area (TPSA) is 82.3 Å². The zero-order valence-corrected chi connectivity index (χ0v) is 12.2. The summed E-state index contributed by atoms with van der Waals surface area (Å²) < 4.78 is 12.9. The Labute approximate surface area is 121 Å². The van der Waals surface area contributed by atoms with E-state index in [2.05, 4.69) is 4.98 Å². The molecule has 7 heteroatoms. The third-order valence-corrected chi connectivity index (χ3v) is 3.02. The highest BCUT2D eigenvalue weighted by Gasteiger charge is 2.10. The zero-order valence-electron chi connectivity index (χ0n) is 11.4. The highest BCUT2D eigenvalue weighted by atomic mass is 32.1. The lowest BCUT2D eigenvalue weighted by atomic mass is 10.3. The average molecular weight is 295 g/mol. The van der Waals surface area contributed by atoms with E-state index < -0.39 is 6.09 Å². The van der Waals surface area contributed by atoms with E-state index in [-0.39, 0.29) is 12.7 Å². The standard InChI is InChI=1S/C13H17N3O3S/c1-8(2)19-10-5-3-4-9-11(10)15-13(20)16(9)6-7-18-12(14)17/h3-5,8H,6-7H2,1-2H3,(H2,14,17)(H,15,20). The zero-order chi connectivity index (χ0) is 14.7. The molecule has 108 valence electrons. The summed E-state index contributed by atoms with van der Waals surface area (Å²) in [4.78, 5) is 13.7. The number of imidazole rings is 1. The minimum Gasteiger partial charge on any atom is -0.489 e. The molecule has 1 aromatic heterocycles. The van der Waals surface area contributed by atoms with Crippen molar-refractivity contribution in [1.29, 1.82) is 0 Å². The molecule has 1 heterocycles. The van der Waals surface area contributed by atoms with Crippen LogP contribution in [0.1, 0.15) is 13.8 Å². The third-order valence-electron chi connectivity index (χ3n) is 2.69. The Morgan fingerprint density at radius 2 is 2.25 bits per heavy atom. The molecule has 1 amide bonds. The number of H-pyrrole nitrogens is 1. The maximum Gasteiger partial charge on any atom is 0.404 e. The van der Waals surface area contributed by atoms with Crippen molar-refractivity contribution in [3.63, 3.8) is 0 Å². The van der Waals surface area contributed by atoms with Gasteiger partial charge in [-0.2, -0.15) is 0 Å². The van der Waals surface area contributed by atoms with Gasteiger partial charge < -0.3 is 24.8 Å². The number of benzene rings is 1. The van der Waals surface area contributed by atoms with Gasteiger partial charge in [-0.15, -0.1) is 0 Å². The molecule has 0 saturated heterocycles. The van der Waals surface area contributed by atoms with Gasteiger partial charge in [0.2, 0.25) is 0 Å². The molecule has 0 radical (unpaired) electrons. The van der Waals surface area contributed by atoms with Crippen LogP contribution >= 0.6 is 12.2 Å². The molecule has 0 atom stereocenters. The van der Waals surface area contributed by atoms with Crippen molar-refractivity contribution in [3.05, 3.63) is 23.0 Å². The number of para-hydroxylation sites is 1. The van der Waals surface area contributed by atoms with Gasteiger partial charge in [0.15, 0.2) is 4.77 Å². The molecule has 0 spiro atoms. The van der Waals surface area contributed by atoms with Crippen LogP contribution in [0.25, 0.3) is 11.0 Å². The Kier molecular flexibility index (Phi) is 4.29. The minimum absolute atomic E-state index is 0.0733. The lowest BCUT2D eigenvalue weighted by Gasteiger charge is -2.10. The number of hydrogen-bond donors (Lipinski definition) is 2. The van der Waals surface area contributed by atoms with Crippen LogP contribution in [-0.2, 0) is 11.3 Å². The van der Waals surface area contributed by atoms with Crippen molar-refractivity contribution in [2.75, 3.05) is 6.61 Å². The number of aromatic amines is 1. The van der Waals surface area contributed by atoms with E-state index in [1.54, 1.807) is 0 Å². The molecule has 2 rings (SSSR count). The van der Waals surface area contributed by atoms with E-state index in [9.17, 15) is 4.79 Å². The predicted octanol–water partition coefficient (Wildman–Crippen LogP) is 2.58. The van der Waals surface area contributed by atoms with Gasteiger partial charge in [0, 0.05) is 0 Å². The Morgan fingerprint density at radius 1 is 1.50 bits per heavy atom. The summed E-state index contributed by atoms with van der Waals surface area (Å²) in [6.45, 7) is 4.54. The number of fused-ring (bicyclic) bond motifs is 1. The Balaban J connectivity index is 2.34. The van der Waals surface area contributed by atoms with Gasteiger partial charge in [-0.25, -0.2) is 4.79 Å². The van der Waals surface area contributed by atoms with Crippen molar-refractivity contribution >= 4 is 29.3 Å².